The van der Waals surface area contributed by atoms with Crippen molar-refractivity contribution in [1.29, 1.82) is 0 Å². The van der Waals surface area contributed by atoms with Crippen LogP contribution in [-0.4, -0.2) is 48.4 Å². The molecule has 1 saturated heterocycles. The third-order valence-electron chi connectivity index (χ3n) is 3.41. The third kappa shape index (κ3) is 4.51. The summed E-state index contributed by atoms with van der Waals surface area (Å²) in [6, 6.07) is 6.78. The molecule has 0 spiro atoms. The highest BCUT2D eigenvalue weighted by Gasteiger charge is 2.17. The standard InChI is InChI=1S/C13H18ClN3O2.ClH/c14-6-1-7-15-8-10-16(11-9-15)12-2-4-13(5-3-12)17(18)19;/h2-5H,1,6-11H2;1H. The molecule has 0 saturated carbocycles. The van der Waals surface area contributed by atoms with Gasteiger partial charge in [-0.05, 0) is 25.1 Å². The fraction of sp³-hybridized carbons (Fsp3) is 0.538. The van der Waals surface area contributed by atoms with Crippen molar-refractivity contribution in [1.82, 2.24) is 4.90 Å². The number of nitro benzene ring substituents is 1. The number of halogens is 2. The number of piperazine rings is 1. The average Bonchev–Trinajstić information content (AvgIpc) is 2.46. The predicted molar refractivity (Wildman–Crippen MR) is 84.3 cm³/mol. The Labute approximate surface area is 130 Å². The lowest BCUT2D eigenvalue weighted by Crippen LogP contribution is -2.46. The van der Waals surface area contributed by atoms with Crippen LogP contribution in [0.5, 0.6) is 0 Å². The van der Waals surface area contributed by atoms with E-state index in [2.05, 4.69) is 9.80 Å². The van der Waals surface area contributed by atoms with Gasteiger partial charge in [0.15, 0.2) is 0 Å². The molecular formula is C13H19Cl2N3O2. The molecule has 0 aromatic heterocycles. The average molecular weight is 320 g/mol. The van der Waals surface area contributed by atoms with E-state index in [0.717, 1.165) is 44.8 Å². The van der Waals surface area contributed by atoms with Gasteiger partial charge in [0, 0.05) is 49.9 Å². The summed E-state index contributed by atoms with van der Waals surface area (Å²) in [5.74, 6) is 0.711. The Balaban J connectivity index is 0.00000200. The molecule has 7 heteroatoms. The second-order valence-corrected chi connectivity index (χ2v) is 5.02. The first-order chi connectivity index (χ1) is 9.20. The molecule has 1 heterocycles. The first-order valence-electron chi connectivity index (χ1n) is 6.48. The summed E-state index contributed by atoms with van der Waals surface area (Å²) < 4.78 is 0. The molecule has 0 aliphatic carbocycles. The van der Waals surface area contributed by atoms with Crippen LogP contribution in [0.25, 0.3) is 0 Å². The van der Waals surface area contributed by atoms with Gasteiger partial charge in [-0.3, -0.25) is 15.0 Å². The van der Waals surface area contributed by atoms with Crippen molar-refractivity contribution in [2.24, 2.45) is 0 Å². The smallest absolute Gasteiger partial charge is 0.269 e. The number of nitro groups is 1. The van der Waals surface area contributed by atoms with Crippen molar-refractivity contribution in [2.45, 2.75) is 6.42 Å². The van der Waals surface area contributed by atoms with Gasteiger partial charge >= 0.3 is 0 Å². The quantitative estimate of drug-likeness (QED) is 0.475. The normalized spacial score (nSPS) is 15.8. The maximum Gasteiger partial charge on any atom is 0.269 e. The van der Waals surface area contributed by atoms with Crippen molar-refractivity contribution in [2.75, 3.05) is 43.5 Å². The molecule has 1 aliphatic heterocycles. The first-order valence-corrected chi connectivity index (χ1v) is 7.02. The van der Waals surface area contributed by atoms with Crippen LogP contribution in [0.15, 0.2) is 24.3 Å². The van der Waals surface area contributed by atoms with Crippen LogP contribution >= 0.6 is 24.0 Å². The zero-order valence-corrected chi connectivity index (χ0v) is 12.8. The van der Waals surface area contributed by atoms with Crippen LogP contribution < -0.4 is 4.90 Å². The van der Waals surface area contributed by atoms with E-state index >= 15 is 0 Å². The molecule has 0 unspecified atom stereocenters. The minimum absolute atomic E-state index is 0. The fourth-order valence-corrected chi connectivity index (χ4v) is 2.42. The molecule has 2 rings (SSSR count). The van der Waals surface area contributed by atoms with Crippen molar-refractivity contribution < 1.29 is 4.92 Å². The number of hydrogen-bond acceptors (Lipinski definition) is 4. The monoisotopic (exact) mass is 319 g/mol. The lowest BCUT2D eigenvalue weighted by Gasteiger charge is -2.36. The van der Waals surface area contributed by atoms with E-state index in [0.29, 0.717) is 5.88 Å². The van der Waals surface area contributed by atoms with Crippen LogP contribution in [-0.2, 0) is 0 Å². The second-order valence-electron chi connectivity index (χ2n) is 4.64. The van der Waals surface area contributed by atoms with E-state index in [1.807, 2.05) is 12.1 Å². The molecule has 1 fully saturated rings. The number of benzene rings is 1. The Morgan fingerprint density at radius 1 is 1.15 bits per heavy atom. The SMILES string of the molecule is Cl.O=[N+]([O-])c1ccc(N2CCN(CCCCl)CC2)cc1. The molecule has 0 N–H and O–H groups in total. The van der Waals surface area contributed by atoms with Crippen molar-refractivity contribution in [3.63, 3.8) is 0 Å². The largest absolute Gasteiger partial charge is 0.369 e. The molecule has 112 valence electrons. The van der Waals surface area contributed by atoms with Crippen LogP contribution in [0.1, 0.15) is 6.42 Å². The van der Waals surface area contributed by atoms with Gasteiger partial charge in [-0.25, -0.2) is 0 Å². The fourth-order valence-electron chi connectivity index (χ4n) is 2.30. The van der Waals surface area contributed by atoms with Crippen molar-refractivity contribution in [3.05, 3.63) is 34.4 Å². The molecule has 1 aromatic rings. The van der Waals surface area contributed by atoms with E-state index in [-0.39, 0.29) is 23.0 Å². The summed E-state index contributed by atoms with van der Waals surface area (Å²) in [7, 11) is 0. The van der Waals surface area contributed by atoms with E-state index in [1.165, 1.54) is 0 Å². The molecule has 0 bridgehead atoms. The highest BCUT2D eigenvalue weighted by molar-refractivity contribution is 6.17. The highest BCUT2D eigenvalue weighted by atomic mass is 35.5. The lowest BCUT2D eigenvalue weighted by molar-refractivity contribution is -0.384. The lowest BCUT2D eigenvalue weighted by atomic mass is 10.2. The first kappa shape index (κ1) is 17.0. The van der Waals surface area contributed by atoms with Crippen LogP contribution in [0.4, 0.5) is 11.4 Å². The Bertz CT molecular complexity index is 420. The summed E-state index contributed by atoms with van der Waals surface area (Å²) in [5.41, 5.74) is 1.20. The number of rotatable bonds is 5. The number of hydrogen-bond donors (Lipinski definition) is 0. The number of anilines is 1. The van der Waals surface area contributed by atoms with Crippen molar-refractivity contribution in [3.8, 4) is 0 Å². The predicted octanol–water partition coefficient (Wildman–Crippen LogP) is 2.77. The van der Waals surface area contributed by atoms with Gasteiger partial charge in [-0.2, -0.15) is 0 Å². The van der Waals surface area contributed by atoms with E-state index in [1.54, 1.807) is 12.1 Å². The second kappa shape index (κ2) is 8.29. The maximum absolute atomic E-state index is 10.6. The number of nitrogens with zero attached hydrogens (tertiary/aromatic N) is 3. The number of non-ortho nitro benzene ring substituents is 1. The summed E-state index contributed by atoms with van der Waals surface area (Å²) in [6.45, 7) is 5.01. The molecular weight excluding hydrogens is 301 g/mol. The summed E-state index contributed by atoms with van der Waals surface area (Å²) in [5, 5.41) is 10.6. The molecule has 20 heavy (non-hydrogen) atoms. The molecule has 1 aromatic carbocycles. The maximum atomic E-state index is 10.6. The van der Waals surface area contributed by atoms with Crippen LogP contribution in [0.3, 0.4) is 0 Å². The van der Waals surface area contributed by atoms with Gasteiger partial charge < -0.3 is 4.90 Å². The van der Waals surface area contributed by atoms with Crippen LogP contribution in [0.2, 0.25) is 0 Å². The topological polar surface area (TPSA) is 49.6 Å². The van der Waals surface area contributed by atoms with Crippen molar-refractivity contribution >= 4 is 35.4 Å². The Kier molecular flexibility index (Phi) is 7.05. The van der Waals surface area contributed by atoms with Gasteiger partial charge in [0.1, 0.15) is 0 Å². The highest BCUT2D eigenvalue weighted by Crippen LogP contribution is 2.20. The van der Waals surface area contributed by atoms with Gasteiger partial charge in [0.25, 0.3) is 5.69 Å². The van der Waals surface area contributed by atoms with E-state index < -0.39 is 0 Å². The van der Waals surface area contributed by atoms with Gasteiger partial charge in [-0.1, -0.05) is 0 Å². The molecule has 0 atom stereocenters. The van der Waals surface area contributed by atoms with Gasteiger partial charge in [0.2, 0.25) is 0 Å². The van der Waals surface area contributed by atoms with Gasteiger partial charge in [-0.15, -0.1) is 24.0 Å². The Morgan fingerprint density at radius 3 is 2.25 bits per heavy atom. The zero-order valence-electron chi connectivity index (χ0n) is 11.2. The molecule has 0 radical (unpaired) electrons. The Morgan fingerprint density at radius 2 is 1.75 bits per heavy atom. The summed E-state index contributed by atoms with van der Waals surface area (Å²) in [6.07, 6.45) is 1.03. The number of alkyl halides is 1. The Hall–Kier alpha value is -1.04. The zero-order chi connectivity index (χ0) is 13.7. The minimum Gasteiger partial charge on any atom is -0.369 e. The third-order valence-corrected chi connectivity index (χ3v) is 3.67. The molecule has 5 nitrogen and oxygen atoms in total. The summed E-state index contributed by atoms with van der Waals surface area (Å²) in [4.78, 5) is 14.9. The molecule has 0 amide bonds. The van der Waals surface area contributed by atoms with E-state index in [9.17, 15) is 10.1 Å². The van der Waals surface area contributed by atoms with Crippen LogP contribution in [0, 0.1) is 10.1 Å². The molecule has 1 aliphatic rings. The minimum atomic E-state index is -0.367. The summed E-state index contributed by atoms with van der Waals surface area (Å²) >= 11 is 5.69. The van der Waals surface area contributed by atoms with E-state index in [4.69, 9.17) is 11.6 Å². The van der Waals surface area contributed by atoms with Gasteiger partial charge in [0.05, 0.1) is 4.92 Å².